The lowest BCUT2D eigenvalue weighted by atomic mass is 10.0. The first-order valence-electron chi connectivity index (χ1n) is 10.8. The largest absolute Gasteiger partial charge is 0.494 e. The van der Waals surface area contributed by atoms with Crippen molar-refractivity contribution in [2.75, 3.05) is 12.4 Å². The first-order chi connectivity index (χ1) is 17.4. The SMILES string of the molecule is COc1cnc(C(F)F)cc1-c1nc(-c2nnc(C)o2)ccc1C(=O)Nc1ncc(C#CC2CC2)s1. The van der Waals surface area contributed by atoms with Crippen molar-refractivity contribution in [3.63, 3.8) is 0 Å². The average molecular weight is 509 g/mol. The lowest BCUT2D eigenvalue weighted by Crippen LogP contribution is -2.14. The van der Waals surface area contributed by atoms with Gasteiger partial charge in [-0.3, -0.25) is 15.1 Å². The number of thiazole rings is 1. The first kappa shape index (κ1) is 23.5. The van der Waals surface area contributed by atoms with Crippen molar-refractivity contribution in [2.24, 2.45) is 5.92 Å². The number of hydrogen-bond acceptors (Lipinski definition) is 9. The van der Waals surface area contributed by atoms with Crippen LogP contribution in [0.1, 0.15) is 46.1 Å². The number of methoxy groups -OCH3 is 1. The maximum absolute atomic E-state index is 13.5. The Morgan fingerprint density at radius 1 is 1.25 bits per heavy atom. The van der Waals surface area contributed by atoms with Crippen LogP contribution in [0, 0.1) is 24.7 Å². The summed E-state index contributed by atoms with van der Waals surface area (Å²) in [6, 6.07) is 4.16. The second-order valence-corrected chi connectivity index (χ2v) is 8.89. The molecule has 182 valence electrons. The molecule has 0 aliphatic heterocycles. The van der Waals surface area contributed by atoms with Crippen molar-refractivity contribution in [1.29, 1.82) is 0 Å². The Kier molecular flexibility index (Phi) is 6.39. The van der Waals surface area contributed by atoms with Gasteiger partial charge in [-0.1, -0.05) is 23.2 Å². The topological polar surface area (TPSA) is 116 Å². The molecule has 0 saturated heterocycles. The number of carbonyl (C=O) groups is 1. The van der Waals surface area contributed by atoms with Crippen LogP contribution in [0.15, 0.2) is 35.0 Å². The van der Waals surface area contributed by atoms with E-state index in [2.05, 4.69) is 42.3 Å². The van der Waals surface area contributed by atoms with Gasteiger partial charge in [0.1, 0.15) is 17.1 Å². The fourth-order valence-corrected chi connectivity index (χ4v) is 3.92. The number of hydrogen-bond donors (Lipinski definition) is 1. The van der Waals surface area contributed by atoms with E-state index in [1.165, 1.54) is 30.6 Å². The highest BCUT2D eigenvalue weighted by molar-refractivity contribution is 7.16. The van der Waals surface area contributed by atoms with Gasteiger partial charge < -0.3 is 9.15 Å². The van der Waals surface area contributed by atoms with Crippen LogP contribution in [-0.4, -0.2) is 38.2 Å². The minimum absolute atomic E-state index is 0.0762. The van der Waals surface area contributed by atoms with Crippen molar-refractivity contribution in [3.05, 3.63) is 52.6 Å². The molecule has 1 aliphatic carbocycles. The zero-order valence-corrected chi connectivity index (χ0v) is 19.9. The van der Waals surface area contributed by atoms with Gasteiger partial charge in [0, 0.05) is 18.4 Å². The van der Waals surface area contributed by atoms with Gasteiger partial charge in [0.25, 0.3) is 18.2 Å². The number of ether oxygens (including phenoxy) is 1. The van der Waals surface area contributed by atoms with E-state index in [4.69, 9.17) is 9.15 Å². The maximum Gasteiger partial charge on any atom is 0.280 e. The number of nitrogens with zero attached hydrogens (tertiary/aromatic N) is 5. The van der Waals surface area contributed by atoms with Gasteiger partial charge >= 0.3 is 0 Å². The second-order valence-electron chi connectivity index (χ2n) is 7.86. The summed E-state index contributed by atoms with van der Waals surface area (Å²) >= 11 is 1.24. The lowest BCUT2D eigenvalue weighted by molar-refractivity contribution is 0.102. The number of rotatable bonds is 6. The lowest BCUT2D eigenvalue weighted by Gasteiger charge is -2.13. The molecule has 0 atom stereocenters. The Morgan fingerprint density at radius 3 is 2.78 bits per heavy atom. The van der Waals surface area contributed by atoms with E-state index in [1.807, 2.05) is 0 Å². The van der Waals surface area contributed by atoms with Crippen LogP contribution in [0.25, 0.3) is 22.8 Å². The highest BCUT2D eigenvalue weighted by Gasteiger charge is 2.23. The number of amides is 1. The quantitative estimate of drug-likeness (QED) is 0.365. The van der Waals surface area contributed by atoms with Gasteiger partial charge in [0.05, 0.1) is 35.6 Å². The molecule has 0 radical (unpaired) electrons. The Labute approximate surface area is 208 Å². The molecular formula is C24H18F2N6O3S. The molecule has 0 aromatic carbocycles. The maximum atomic E-state index is 13.5. The van der Waals surface area contributed by atoms with Crippen molar-refractivity contribution in [3.8, 4) is 40.4 Å². The predicted molar refractivity (Wildman–Crippen MR) is 127 cm³/mol. The zero-order valence-electron chi connectivity index (χ0n) is 19.1. The molecule has 0 spiro atoms. The van der Waals surface area contributed by atoms with Crippen LogP contribution in [0.5, 0.6) is 5.75 Å². The molecule has 4 aromatic rings. The van der Waals surface area contributed by atoms with Gasteiger partial charge in [-0.25, -0.2) is 18.7 Å². The van der Waals surface area contributed by atoms with Crippen molar-refractivity contribution < 1.29 is 22.7 Å². The molecule has 1 aliphatic rings. The number of nitrogens with one attached hydrogen (secondary N) is 1. The first-order valence-corrected chi connectivity index (χ1v) is 11.7. The standard InChI is InChI=1S/C24H18F2N6O3S/c1-12-31-32-23(35-12)17-8-7-15(20(29-17)16-9-18(21(25)26)27-11-19(16)34-2)22(33)30-24-28-10-14(36-24)6-5-13-3-4-13/h7-11,13,21H,3-4H2,1-2H3,(H,28,30,33). The van der Waals surface area contributed by atoms with E-state index < -0.39 is 18.0 Å². The average Bonchev–Trinajstić information content (AvgIpc) is 3.44. The van der Waals surface area contributed by atoms with E-state index in [9.17, 15) is 13.6 Å². The summed E-state index contributed by atoms with van der Waals surface area (Å²) in [5.41, 5.74) is 0.0947. The zero-order chi connectivity index (χ0) is 25.2. The number of pyridine rings is 2. The third-order valence-electron chi connectivity index (χ3n) is 5.18. The molecule has 1 fully saturated rings. The summed E-state index contributed by atoms with van der Waals surface area (Å²) in [7, 11) is 1.37. The van der Waals surface area contributed by atoms with E-state index in [0.717, 1.165) is 30.0 Å². The minimum Gasteiger partial charge on any atom is -0.494 e. The van der Waals surface area contributed by atoms with Crippen LogP contribution in [0.4, 0.5) is 13.9 Å². The highest BCUT2D eigenvalue weighted by atomic mass is 32.1. The number of aryl methyl sites for hydroxylation is 1. The van der Waals surface area contributed by atoms with Crippen LogP contribution < -0.4 is 10.1 Å². The van der Waals surface area contributed by atoms with Crippen LogP contribution in [0.2, 0.25) is 0 Å². The smallest absolute Gasteiger partial charge is 0.280 e. The van der Waals surface area contributed by atoms with E-state index in [1.54, 1.807) is 13.1 Å². The molecule has 1 amide bonds. The molecule has 9 nitrogen and oxygen atoms in total. The van der Waals surface area contributed by atoms with Gasteiger partial charge in [-0.15, -0.1) is 10.2 Å². The molecule has 5 rings (SSSR count). The molecule has 1 saturated carbocycles. The summed E-state index contributed by atoms with van der Waals surface area (Å²) in [5.74, 6) is 6.70. The van der Waals surface area contributed by atoms with Crippen molar-refractivity contribution in [2.45, 2.75) is 26.2 Å². The molecule has 4 heterocycles. The summed E-state index contributed by atoms with van der Waals surface area (Å²) in [5, 5.41) is 10.8. The molecule has 1 N–H and O–H groups in total. The van der Waals surface area contributed by atoms with Crippen molar-refractivity contribution in [1.82, 2.24) is 25.1 Å². The van der Waals surface area contributed by atoms with E-state index in [0.29, 0.717) is 16.9 Å². The summed E-state index contributed by atoms with van der Waals surface area (Å²) in [6.07, 6.45) is 2.14. The van der Waals surface area contributed by atoms with Crippen molar-refractivity contribution >= 4 is 22.4 Å². The Bertz CT molecular complexity index is 1500. The fourth-order valence-electron chi connectivity index (χ4n) is 3.25. The monoisotopic (exact) mass is 508 g/mol. The van der Waals surface area contributed by atoms with Gasteiger partial charge in [0.15, 0.2) is 5.13 Å². The van der Waals surface area contributed by atoms with Gasteiger partial charge in [0.2, 0.25) is 5.89 Å². The number of carbonyl (C=O) groups excluding carboxylic acids is 1. The molecule has 4 aromatic heterocycles. The normalized spacial score (nSPS) is 12.8. The number of alkyl halides is 2. The third-order valence-corrected chi connectivity index (χ3v) is 6.00. The van der Waals surface area contributed by atoms with Crippen LogP contribution in [0.3, 0.4) is 0 Å². The second kappa shape index (κ2) is 9.79. The van der Waals surface area contributed by atoms with E-state index in [-0.39, 0.29) is 34.2 Å². The summed E-state index contributed by atoms with van der Waals surface area (Å²) in [6.45, 7) is 1.62. The molecule has 0 bridgehead atoms. The number of anilines is 1. The van der Waals surface area contributed by atoms with Crippen LogP contribution in [-0.2, 0) is 0 Å². The molecule has 12 heteroatoms. The minimum atomic E-state index is -2.83. The van der Waals surface area contributed by atoms with E-state index >= 15 is 0 Å². The molecule has 0 unspecified atom stereocenters. The Hall–Kier alpha value is -4.24. The predicted octanol–water partition coefficient (Wildman–Crippen LogP) is 4.92. The number of aromatic nitrogens is 5. The summed E-state index contributed by atoms with van der Waals surface area (Å²) < 4.78 is 37.7. The highest BCUT2D eigenvalue weighted by Crippen LogP contribution is 2.35. The van der Waals surface area contributed by atoms with Gasteiger partial charge in [-0.2, -0.15) is 0 Å². The summed E-state index contributed by atoms with van der Waals surface area (Å²) in [4.78, 5) is 26.5. The Morgan fingerprint density at radius 2 is 2.08 bits per heavy atom. The van der Waals surface area contributed by atoms with Crippen LogP contribution >= 0.6 is 11.3 Å². The molecular weight excluding hydrogens is 490 g/mol. The number of halogens is 2. The Balaban J connectivity index is 1.55. The van der Waals surface area contributed by atoms with Gasteiger partial charge in [-0.05, 0) is 31.0 Å². The third kappa shape index (κ3) is 5.06. The molecule has 36 heavy (non-hydrogen) atoms. The fraction of sp³-hybridized carbons (Fsp3) is 0.250.